The third-order valence-electron chi connectivity index (χ3n) is 15.1. The number of ketones is 2. The summed E-state index contributed by atoms with van der Waals surface area (Å²) in [6.07, 6.45) is 2.55. The molecule has 11 atom stereocenters. The van der Waals surface area contributed by atoms with E-state index in [1.165, 1.54) is 6.92 Å². The molecular weight excluding hydrogens is 1000 g/mol. The zero-order chi connectivity index (χ0) is 58.2. The van der Waals surface area contributed by atoms with Gasteiger partial charge in [0, 0.05) is 29.4 Å². The first kappa shape index (κ1) is 64.4. The third-order valence-corrected chi connectivity index (χ3v) is 15.1. The molecule has 4 aromatic rings. The number of aliphatic hydroxyl groups is 1. The molecule has 80 heavy (non-hydrogen) atoms. The van der Waals surface area contributed by atoms with Crippen molar-refractivity contribution in [1.29, 1.82) is 0 Å². The highest BCUT2D eigenvalue weighted by Gasteiger charge is 2.40. The Hall–Kier alpha value is -6.44. The minimum absolute atomic E-state index is 0.0309. The van der Waals surface area contributed by atoms with Crippen molar-refractivity contribution >= 4 is 23.5 Å². The summed E-state index contributed by atoms with van der Waals surface area (Å²) in [5, 5.41) is 11.3. The quantitative estimate of drug-likeness (QED) is 0.0952. The van der Waals surface area contributed by atoms with Gasteiger partial charge in [-0.15, -0.1) is 0 Å². The van der Waals surface area contributed by atoms with Gasteiger partial charge in [-0.1, -0.05) is 186 Å². The largest absolute Gasteiger partial charge is 0.457 e. The molecule has 0 unspecified atom stereocenters. The molecule has 0 saturated heterocycles. The molecule has 2 heterocycles. The predicted octanol–water partition coefficient (Wildman–Crippen LogP) is 13.5. The Kier molecular flexibility index (Phi) is 25.8. The van der Waals surface area contributed by atoms with Crippen LogP contribution in [0.15, 0.2) is 168 Å². The van der Waals surface area contributed by atoms with Crippen molar-refractivity contribution in [2.75, 3.05) is 0 Å². The van der Waals surface area contributed by atoms with Crippen molar-refractivity contribution in [2.45, 2.75) is 183 Å². The number of carbonyl (C=O) groups excluding carboxylic acids is 4. The molecule has 4 aromatic carbocycles. The van der Waals surface area contributed by atoms with Gasteiger partial charge in [0.15, 0.2) is 5.78 Å². The van der Waals surface area contributed by atoms with Crippen molar-refractivity contribution in [3.63, 3.8) is 0 Å². The van der Waals surface area contributed by atoms with Gasteiger partial charge in [-0.2, -0.15) is 0 Å². The normalized spacial score (nSPS) is 27.1. The van der Waals surface area contributed by atoms with Crippen LogP contribution in [0.4, 0.5) is 0 Å². The number of carbonyl (C=O) groups is 4. The molecule has 1 N–H and O–H groups in total. The number of cyclic esters (lactones) is 2. The maximum Gasteiger partial charge on any atom is 0.311 e. The second-order valence-corrected chi connectivity index (χ2v) is 22.5. The molecule has 0 radical (unpaired) electrons. The van der Waals surface area contributed by atoms with Gasteiger partial charge in [-0.25, -0.2) is 0 Å². The number of Topliss-reactive ketones (excluding diaryl/α,β-unsaturated/α-hetero) is 2. The van der Waals surface area contributed by atoms with Crippen LogP contribution >= 0.6 is 0 Å². The zero-order valence-electron chi connectivity index (χ0n) is 49.1. The molecule has 0 bridgehead atoms. The Bertz CT molecular complexity index is 2600. The van der Waals surface area contributed by atoms with Gasteiger partial charge in [0.05, 0.1) is 62.7 Å². The maximum atomic E-state index is 13.7. The molecule has 6 rings (SSSR count). The van der Waals surface area contributed by atoms with Crippen LogP contribution in [0.5, 0.6) is 0 Å². The SMILES string of the molecule is CC[C@H]1OC(=O)[C@H](C)[C@@H](OCc2ccccc2)CC(=O)C(C)(C)C[C@@H](C)[C@H](OCc2ccccc2)C=C=C=C1C.CC[C@H]1OC(=O)[C@H](C)[C@@H](OCc2ccccc2)CC(=O)[C@](C)(O)C[C@@H](C)[C@H](OCc2ccccc2)C=C=C=C1C. The minimum atomic E-state index is -1.65. The van der Waals surface area contributed by atoms with Crippen molar-refractivity contribution < 1.29 is 52.7 Å². The Morgan fingerprint density at radius 3 is 1.18 bits per heavy atom. The number of ether oxygens (including phenoxy) is 6. The zero-order valence-corrected chi connectivity index (χ0v) is 49.1. The fraction of sp³-hybridized carbons (Fsp3) is 0.478. The van der Waals surface area contributed by atoms with Crippen molar-refractivity contribution in [2.24, 2.45) is 29.1 Å². The summed E-state index contributed by atoms with van der Waals surface area (Å²) in [5.41, 5.74) is 15.7. The molecule has 11 heteroatoms. The summed E-state index contributed by atoms with van der Waals surface area (Å²) in [6.45, 7) is 22.0. The first-order chi connectivity index (χ1) is 38.2. The van der Waals surface area contributed by atoms with E-state index in [9.17, 15) is 24.3 Å². The van der Waals surface area contributed by atoms with Crippen LogP contribution in [0.25, 0.3) is 0 Å². The van der Waals surface area contributed by atoms with E-state index in [2.05, 4.69) is 29.8 Å². The molecule has 2 aliphatic heterocycles. The smallest absolute Gasteiger partial charge is 0.311 e. The van der Waals surface area contributed by atoms with E-state index in [0.717, 1.165) is 33.4 Å². The highest BCUT2D eigenvalue weighted by molar-refractivity contribution is 5.88. The second-order valence-electron chi connectivity index (χ2n) is 22.5. The van der Waals surface area contributed by atoms with Gasteiger partial charge in [-0.3, -0.25) is 19.2 Å². The Labute approximate surface area is 476 Å². The Morgan fingerprint density at radius 1 is 0.500 bits per heavy atom. The van der Waals surface area contributed by atoms with Gasteiger partial charge < -0.3 is 33.5 Å². The van der Waals surface area contributed by atoms with E-state index < -0.39 is 65.1 Å². The first-order valence-electron chi connectivity index (χ1n) is 28.4. The van der Waals surface area contributed by atoms with Crippen LogP contribution in [0.2, 0.25) is 0 Å². The lowest BCUT2D eigenvalue weighted by Crippen LogP contribution is -2.43. The van der Waals surface area contributed by atoms with Gasteiger partial charge in [0.2, 0.25) is 0 Å². The molecular formula is C69H86O11. The standard InChI is InChI=1S/C35H44O5.C34H42O6/c1-7-30-25(2)15-14-20-31(38-23-28-16-10-8-11-17-28)26(3)22-35(5,6)33(36)21-32(27(4)34(37)40-30)39-24-29-18-12-9-13-19-29;1-6-29-24(2)14-13-19-30(38-22-27-15-9-7-10-16-27)25(3)21-34(5,37)32(35)20-31(26(4)33(36)40-29)39-23-28-17-11-8-12-18-28/h8-13,16-20,26-27,30-32H,7,21-24H2,1-6H3;7-12,15-19,25-26,29-31,37H,6,20-23H2,1-5H3/t26-,27-,30-,31-,32+;25-,26-,29-,30-,31+,34-/m11/s1. The number of esters is 2. The average Bonchev–Trinajstić information content (AvgIpc) is 3.47. The highest BCUT2D eigenvalue weighted by atomic mass is 16.6. The minimum Gasteiger partial charge on any atom is -0.457 e. The van der Waals surface area contributed by atoms with Gasteiger partial charge in [0.25, 0.3) is 0 Å². The van der Waals surface area contributed by atoms with Crippen molar-refractivity contribution in [3.8, 4) is 0 Å². The van der Waals surface area contributed by atoms with Gasteiger partial charge >= 0.3 is 11.9 Å². The molecule has 428 valence electrons. The third kappa shape index (κ3) is 20.6. The summed E-state index contributed by atoms with van der Waals surface area (Å²) in [7, 11) is 0. The average molecular weight is 1090 g/mol. The molecule has 0 aliphatic carbocycles. The molecule has 0 spiro atoms. The molecule has 0 saturated carbocycles. The highest BCUT2D eigenvalue weighted by Crippen LogP contribution is 2.34. The second kappa shape index (κ2) is 32.1. The van der Waals surface area contributed by atoms with Crippen LogP contribution in [0.3, 0.4) is 0 Å². The van der Waals surface area contributed by atoms with Crippen LogP contribution in [-0.2, 0) is 74.0 Å². The number of rotatable bonds is 14. The first-order valence-corrected chi connectivity index (χ1v) is 28.4. The molecule has 0 fully saturated rings. The fourth-order valence-electron chi connectivity index (χ4n) is 9.75. The lowest BCUT2D eigenvalue weighted by Gasteiger charge is -2.32. The van der Waals surface area contributed by atoms with E-state index in [4.69, 9.17) is 28.4 Å². The van der Waals surface area contributed by atoms with Crippen LogP contribution in [-0.4, -0.2) is 70.8 Å². The summed E-state index contributed by atoms with van der Waals surface area (Å²) in [6, 6.07) is 39.2. The van der Waals surface area contributed by atoms with Crippen molar-refractivity contribution in [3.05, 3.63) is 190 Å². The predicted molar refractivity (Wildman–Crippen MR) is 312 cm³/mol. The fourth-order valence-corrected chi connectivity index (χ4v) is 9.75. The van der Waals surface area contributed by atoms with E-state index in [0.29, 0.717) is 39.1 Å². The molecule has 2 aliphatic rings. The van der Waals surface area contributed by atoms with Crippen molar-refractivity contribution in [1.82, 2.24) is 0 Å². The van der Waals surface area contributed by atoms with Gasteiger partial charge in [0.1, 0.15) is 23.6 Å². The Balaban J connectivity index is 0.000000294. The van der Waals surface area contributed by atoms with E-state index in [1.54, 1.807) is 19.9 Å². The summed E-state index contributed by atoms with van der Waals surface area (Å²) in [5.74, 6) is -2.72. The summed E-state index contributed by atoms with van der Waals surface area (Å²) >= 11 is 0. The van der Waals surface area contributed by atoms with E-state index in [-0.39, 0.29) is 55.6 Å². The van der Waals surface area contributed by atoms with E-state index >= 15 is 0 Å². The van der Waals surface area contributed by atoms with Crippen LogP contribution < -0.4 is 0 Å². The molecule has 11 nitrogen and oxygen atoms in total. The van der Waals surface area contributed by atoms with E-state index in [1.807, 2.05) is 176 Å². The number of benzene rings is 4. The molecule has 0 aromatic heterocycles. The lowest BCUT2D eigenvalue weighted by molar-refractivity contribution is -0.160. The number of hydrogen-bond acceptors (Lipinski definition) is 11. The topological polar surface area (TPSA) is 144 Å². The lowest BCUT2D eigenvalue weighted by atomic mass is 9.76. The summed E-state index contributed by atoms with van der Waals surface area (Å²) in [4.78, 5) is 53.7. The summed E-state index contributed by atoms with van der Waals surface area (Å²) < 4.78 is 36.7. The van der Waals surface area contributed by atoms with Crippen LogP contribution in [0.1, 0.15) is 137 Å². The maximum absolute atomic E-state index is 13.7. The Morgan fingerprint density at radius 2 is 0.825 bits per heavy atom. The molecule has 0 amide bonds. The van der Waals surface area contributed by atoms with Gasteiger partial charge in [-0.05, 0) is 107 Å². The number of hydrogen-bond donors (Lipinski definition) is 1. The monoisotopic (exact) mass is 1090 g/mol. The van der Waals surface area contributed by atoms with Crippen LogP contribution in [0, 0.1) is 29.1 Å².